The first-order valence-electron chi connectivity index (χ1n) is 9.11. The van der Waals surface area contributed by atoms with Crippen LogP contribution >= 0.6 is 0 Å². The van der Waals surface area contributed by atoms with E-state index in [1.54, 1.807) is 26.8 Å². The predicted octanol–water partition coefficient (Wildman–Crippen LogP) is 2.46. The Labute approximate surface area is 168 Å². The van der Waals surface area contributed by atoms with Crippen LogP contribution < -0.4 is 5.59 Å². The normalized spacial score (nSPS) is 11.3. The summed E-state index contributed by atoms with van der Waals surface area (Å²) >= 11 is 0. The van der Waals surface area contributed by atoms with E-state index in [2.05, 4.69) is 0 Å². The first-order chi connectivity index (χ1) is 13.7. The minimum Gasteiger partial charge on any atom is -0.457 e. The molecule has 2 N–H and O–H groups in total. The Balaban J connectivity index is 1.90. The fourth-order valence-electron chi connectivity index (χ4n) is 2.87. The fraction of sp³-hybridized carbons (Fsp3) is 0.238. The second kappa shape index (κ2) is 8.10. The van der Waals surface area contributed by atoms with Crippen LogP contribution in [0.3, 0.4) is 0 Å². The zero-order chi connectivity index (χ0) is 21.2. The van der Waals surface area contributed by atoms with Crippen molar-refractivity contribution in [2.45, 2.75) is 33.0 Å². The van der Waals surface area contributed by atoms with E-state index in [4.69, 9.17) is 9.47 Å². The van der Waals surface area contributed by atoms with Gasteiger partial charge >= 0.3 is 19.2 Å². The topological polar surface area (TPSA) is 98.0 Å². The molecule has 0 saturated carbocycles. The average Bonchev–Trinajstić information content (AvgIpc) is 3.04. The van der Waals surface area contributed by atoms with Gasteiger partial charge in [-0.1, -0.05) is 30.3 Å². The Morgan fingerprint density at radius 3 is 2.34 bits per heavy atom. The van der Waals surface area contributed by atoms with E-state index in [9.17, 15) is 19.6 Å². The first kappa shape index (κ1) is 20.6. The highest BCUT2D eigenvalue weighted by Gasteiger charge is 2.27. The molecule has 0 unspecified atom stereocenters. The summed E-state index contributed by atoms with van der Waals surface area (Å²) < 4.78 is 11.8. The highest BCUT2D eigenvalue weighted by atomic mass is 16.6. The molecule has 150 valence electrons. The summed E-state index contributed by atoms with van der Waals surface area (Å²) in [5.41, 5.74) is 0.732. The smallest absolute Gasteiger partial charge is 0.457 e. The second-order valence-corrected chi connectivity index (χ2v) is 7.59. The number of carbonyl (C=O) groups excluding carboxylic acids is 2. The number of aromatic nitrogens is 1. The van der Waals surface area contributed by atoms with Gasteiger partial charge in [0.05, 0.1) is 16.7 Å². The third kappa shape index (κ3) is 4.85. The van der Waals surface area contributed by atoms with Crippen molar-refractivity contribution in [2.75, 3.05) is 0 Å². The quantitative estimate of drug-likeness (QED) is 0.520. The van der Waals surface area contributed by atoms with E-state index < -0.39 is 24.8 Å². The third-order valence-corrected chi connectivity index (χ3v) is 4.12. The Bertz CT molecular complexity index is 1040. The van der Waals surface area contributed by atoms with Crippen LogP contribution in [0.1, 0.15) is 36.7 Å². The summed E-state index contributed by atoms with van der Waals surface area (Å²) in [6.45, 7) is 5.28. The van der Waals surface area contributed by atoms with Crippen molar-refractivity contribution < 1.29 is 29.1 Å². The van der Waals surface area contributed by atoms with E-state index in [1.807, 2.05) is 30.3 Å². The van der Waals surface area contributed by atoms with Gasteiger partial charge in [-0.3, -0.25) is 4.57 Å². The molecule has 0 radical (unpaired) electrons. The van der Waals surface area contributed by atoms with Crippen LogP contribution in [0.5, 0.6) is 0 Å². The van der Waals surface area contributed by atoms with Crippen LogP contribution in [-0.4, -0.2) is 39.4 Å². The SMILES string of the molecule is CC(C)(C)OC(=O)n1c(B(O)O)cc2cc(C(=O)OCc3ccccc3)ccc21. The number of fused-ring (bicyclic) bond motifs is 1. The molecule has 0 bridgehead atoms. The maximum Gasteiger partial charge on any atom is 0.506 e. The van der Waals surface area contributed by atoms with Gasteiger partial charge in [0.1, 0.15) is 12.2 Å². The van der Waals surface area contributed by atoms with Gasteiger partial charge in [0.15, 0.2) is 0 Å². The minimum atomic E-state index is -1.89. The van der Waals surface area contributed by atoms with E-state index in [-0.39, 0.29) is 17.8 Å². The van der Waals surface area contributed by atoms with E-state index in [1.165, 1.54) is 18.2 Å². The van der Waals surface area contributed by atoms with E-state index >= 15 is 0 Å². The second-order valence-electron chi connectivity index (χ2n) is 7.59. The van der Waals surface area contributed by atoms with Crippen molar-refractivity contribution in [3.05, 3.63) is 65.7 Å². The summed E-state index contributed by atoms with van der Waals surface area (Å²) in [7, 11) is -1.89. The average molecular weight is 395 g/mol. The zero-order valence-corrected chi connectivity index (χ0v) is 16.5. The minimum absolute atomic E-state index is 0.0518. The lowest BCUT2D eigenvalue weighted by molar-refractivity contribution is 0.0472. The molecule has 3 rings (SSSR count). The molecule has 1 aromatic heterocycles. The van der Waals surface area contributed by atoms with Crippen molar-refractivity contribution in [2.24, 2.45) is 0 Å². The van der Waals surface area contributed by atoms with Gasteiger partial charge in [-0.05, 0) is 50.6 Å². The van der Waals surface area contributed by atoms with Crippen LogP contribution in [0, 0.1) is 0 Å². The number of hydrogen-bond acceptors (Lipinski definition) is 6. The molecule has 3 aromatic rings. The van der Waals surface area contributed by atoms with Gasteiger partial charge in [-0.15, -0.1) is 0 Å². The lowest BCUT2D eigenvalue weighted by Crippen LogP contribution is -2.40. The first-order valence-corrected chi connectivity index (χ1v) is 9.11. The standard InChI is InChI=1S/C21H22BNO6/c1-21(2,3)29-20(25)23-17-10-9-15(11-16(17)12-18(23)22(26)27)19(24)28-13-14-7-5-4-6-8-14/h4-12,26-27H,13H2,1-3H3. The summed E-state index contributed by atoms with van der Waals surface area (Å²) in [6.07, 6.45) is -0.741. The number of ether oxygens (including phenoxy) is 2. The van der Waals surface area contributed by atoms with Gasteiger partial charge in [0.2, 0.25) is 0 Å². The molecular formula is C21H22BNO6. The number of esters is 1. The number of rotatable bonds is 4. The molecule has 1 heterocycles. The summed E-state index contributed by atoms with van der Waals surface area (Å²) in [5, 5.41) is 19.8. The van der Waals surface area contributed by atoms with E-state index in [0.717, 1.165) is 10.1 Å². The lowest BCUT2D eigenvalue weighted by Gasteiger charge is -2.21. The molecule has 0 atom stereocenters. The number of nitrogens with zero attached hydrogens (tertiary/aromatic N) is 1. The molecule has 2 aromatic carbocycles. The molecule has 0 amide bonds. The Morgan fingerprint density at radius 1 is 1.03 bits per heavy atom. The molecule has 0 fully saturated rings. The summed E-state index contributed by atoms with van der Waals surface area (Å²) in [4.78, 5) is 25.0. The number of benzene rings is 2. The van der Waals surface area contributed by atoms with Gasteiger partial charge < -0.3 is 19.5 Å². The summed E-state index contributed by atoms with van der Waals surface area (Å²) in [6, 6.07) is 15.3. The van der Waals surface area contributed by atoms with Gasteiger partial charge in [-0.2, -0.15) is 0 Å². The van der Waals surface area contributed by atoms with Crippen LogP contribution in [0.2, 0.25) is 0 Å². The maximum absolute atomic E-state index is 12.6. The van der Waals surface area contributed by atoms with Crippen molar-refractivity contribution in [3.8, 4) is 0 Å². The van der Waals surface area contributed by atoms with Crippen LogP contribution in [0.25, 0.3) is 10.9 Å². The van der Waals surface area contributed by atoms with Crippen molar-refractivity contribution in [1.29, 1.82) is 0 Å². The lowest BCUT2D eigenvalue weighted by atomic mass is 9.86. The molecule has 0 spiro atoms. The van der Waals surface area contributed by atoms with Crippen LogP contribution in [-0.2, 0) is 16.1 Å². The fourth-order valence-corrected chi connectivity index (χ4v) is 2.87. The molecule has 0 aliphatic rings. The van der Waals surface area contributed by atoms with Gasteiger partial charge in [-0.25, -0.2) is 9.59 Å². The molecule has 8 heteroatoms. The van der Waals surface area contributed by atoms with Crippen molar-refractivity contribution >= 4 is 35.7 Å². The molecule has 0 aliphatic carbocycles. The number of carbonyl (C=O) groups is 2. The maximum atomic E-state index is 12.6. The molecular weight excluding hydrogens is 373 g/mol. The summed E-state index contributed by atoms with van der Waals surface area (Å²) in [5.74, 6) is -0.521. The molecule has 0 saturated heterocycles. The Hall–Kier alpha value is -3.10. The number of hydrogen-bond donors (Lipinski definition) is 2. The Morgan fingerprint density at radius 2 is 1.72 bits per heavy atom. The van der Waals surface area contributed by atoms with Crippen molar-refractivity contribution in [3.63, 3.8) is 0 Å². The van der Waals surface area contributed by atoms with Gasteiger partial charge in [0.25, 0.3) is 0 Å². The van der Waals surface area contributed by atoms with E-state index in [0.29, 0.717) is 10.9 Å². The molecule has 0 aliphatic heterocycles. The van der Waals surface area contributed by atoms with Gasteiger partial charge in [0, 0.05) is 5.39 Å². The largest absolute Gasteiger partial charge is 0.506 e. The highest BCUT2D eigenvalue weighted by molar-refractivity contribution is 6.59. The third-order valence-electron chi connectivity index (χ3n) is 4.12. The Kier molecular flexibility index (Phi) is 5.77. The molecule has 7 nitrogen and oxygen atoms in total. The zero-order valence-electron chi connectivity index (χ0n) is 16.5. The predicted molar refractivity (Wildman–Crippen MR) is 109 cm³/mol. The van der Waals surface area contributed by atoms with Crippen LogP contribution in [0.15, 0.2) is 54.6 Å². The molecule has 29 heavy (non-hydrogen) atoms. The monoisotopic (exact) mass is 395 g/mol. The van der Waals surface area contributed by atoms with Crippen LogP contribution in [0.4, 0.5) is 4.79 Å². The van der Waals surface area contributed by atoms with Crippen molar-refractivity contribution in [1.82, 2.24) is 4.57 Å². The highest BCUT2D eigenvalue weighted by Crippen LogP contribution is 2.20.